The molecule has 21 heavy (non-hydrogen) atoms. The Labute approximate surface area is 142 Å². The molecule has 0 N–H and O–H groups in total. The number of benzene rings is 1. The van der Waals surface area contributed by atoms with Crippen LogP contribution in [0.2, 0.25) is 0 Å². The number of carbonyl (C=O) groups is 1. The van der Waals surface area contributed by atoms with E-state index in [1.54, 1.807) is 41.7 Å². The molecule has 108 valence electrons. The Hall–Kier alpha value is -1.11. The highest BCUT2D eigenvalue weighted by atomic mass is 79.9. The van der Waals surface area contributed by atoms with Gasteiger partial charge in [-0.1, -0.05) is 0 Å². The zero-order valence-electron chi connectivity index (χ0n) is 10.8. The van der Waals surface area contributed by atoms with E-state index in [4.69, 9.17) is 9.47 Å². The third-order valence-corrected chi connectivity index (χ3v) is 6.11. The summed E-state index contributed by atoms with van der Waals surface area (Å²) in [7, 11) is 0. The lowest BCUT2D eigenvalue weighted by Gasteiger charge is -2.18. The molecule has 3 nitrogen and oxygen atoms in total. The molecule has 0 radical (unpaired) electrons. The fraction of sp³-hybridized carbons (Fsp3) is 0.133. The van der Waals surface area contributed by atoms with E-state index in [9.17, 15) is 4.79 Å². The maximum Gasteiger partial charge on any atom is 0.186 e. The van der Waals surface area contributed by atoms with Gasteiger partial charge >= 0.3 is 0 Å². The standard InChI is InChI=1S/C15H10Br2O3S/c16-11-8-10(21-15(11)17)2-3-12(18)9-1-4-13-14(7-9)20-6-5-19-13/h1-4,7-8H,5-6H2/b3-2+. The van der Waals surface area contributed by atoms with Crippen molar-refractivity contribution in [1.29, 1.82) is 0 Å². The monoisotopic (exact) mass is 428 g/mol. The van der Waals surface area contributed by atoms with Gasteiger partial charge in [0.05, 0.1) is 3.79 Å². The van der Waals surface area contributed by atoms with Crippen LogP contribution in [-0.2, 0) is 0 Å². The Morgan fingerprint density at radius 1 is 1.14 bits per heavy atom. The SMILES string of the molecule is O=C(/C=C/c1cc(Br)c(Br)s1)c1ccc2c(c1)OCCO2. The molecule has 0 amide bonds. The molecule has 0 spiro atoms. The molecule has 1 aromatic heterocycles. The van der Waals surface area contributed by atoms with E-state index < -0.39 is 0 Å². The lowest BCUT2D eigenvalue weighted by molar-refractivity contribution is 0.104. The zero-order valence-corrected chi connectivity index (χ0v) is 14.8. The first-order chi connectivity index (χ1) is 10.1. The number of carbonyl (C=O) groups excluding carboxylic acids is 1. The number of fused-ring (bicyclic) bond motifs is 1. The smallest absolute Gasteiger partial charge is 0.186 e. The predicted molar refractivity (Wildman–Crippen MR) is 90.5 cm³/mol. The fourth-order valence-electron chi connectivity index (χ4n) is 1.90. The van der Waals surface area contributed by atoms with Gasteiger partial charge in [-0.3, -0.25) is 4.79 Å². The van der Waals surface area contributed by atoms with Crippen LogP contribution >= 0.6 is 43.2 Å². The van der Waals surface area contributed by atoms with Crippen LogP contribution < -0.4 is 9.47 Å². The van der Waals surface area contributed by atoms with Crippen LogP contribution in [0.3, 0.4) is 0 Å². The first-order valence-corrected chi connectivity index (χ1v) is 8.60. The van der Waals surface area contributed by atoms with Gasteiger partial charge in [-0.25, -0.2) is 0 Å². The van der Waals surface area contributed by atoms with Crippen molar-refractivity contribution in [1.82, 2.24) is 0 Å². The molecule has 1 aromatic carbocycles. The van der Waals surface area contributed by atoms with Crippen molar-refractivity contribution in [3.8, 4) is 11.5 Å². The molecule has 6 heteroatoms. The molecule has 0 fully saturated rings. The second-order valence-electron chi connectivity index (χ2n) is 4.33. The maximum absolute atomic E-state index is 12.2. The van der Waals surface area contributed by atoms with Crippen molar-refractivity contribution in [3.05, 3.63) is 49.0 Å². The molecule has 0 aliphatic carbocycles. The van der Waals surface area contributed by atoms with E-state index in [-0.39, 0.29) is 5.78 Å². The van der Waals surface area contributed by atoms with Crippen LogP contribution in [-0.4, -0.2) is 19.0 Å². The first kappa shape index (κ1) is 14.8. The summed E-state index contributed by atoms with van der Waals surface area (Å²) in [5.74, 6) is 1.25. The van der Waals surface area contributed by atoms with Gasteiger partial charge in [0, 0.05) is 14.9 Å². The molecule has 2 heterocycles. The molecule has 1 aliphatic heterocycles. The summed E-state index contributed by atoms with van der Waals surface area (Å²) in [5, 5.41) is 0. The third kappa shape index (κ3) is 3.39. The summed E-state index contributed by atoms with van der Waals surface area (Å²) in [6, 6.07) is 7.21. The second kappa shape index (κ2) is 6.34. The lowest BCUT2D eigenvalue weighted by Crippen LogP contribution is -2.15. The zero-order chi connectivity index (χ0) is 14.8. The van der Waals surface area contributed by atoms with Crippen molar-refractivity contribution in [3.63, 3.8) is 0 Å². The maximum atomic E-state index is 12.2. The molecule has 1 aliphatic rings. The summed E-state index contributed by atoms with van der Waals surface area (Å²) >= 11 is 8.42. The molecular formula is C15H10Br2O3S. The van der Waals surface area contributed by atoms with Gasteiger partial charge < -0.3 is 9.47 Å². The highest BCUT2D eigenvalue weighted by Crippen LogP contribution is 2.33. The van der Waals surface area contributed by atoms with E-state index in [1.165, 1.54) is 0 Å². The minimum absolute atomic E-state index is 0.0624. The van der Waals surface area contributed by atoms with E-state index in [0.717, 1.165) is 13.1 Å². The van der Waals surface area contributed by atoms with E-state index in [1.807, 2.05) is 6.07 Å². The lowest BCUT2D eigenvalue weighted by atomic mass is 10.1. The summed E-state index contributed by atoms with van der Waals surface area (Å²) in [4.78, 5) is 13.2. The molecular weight excluding hydrogens is 420 g/mol. The normalized spacial score (nSPS) is 13.6. The molecule has 0 saturated carbocycles. The Morgan fingerprint density at radius 2 is 1.90 bits per heavy atom. The number of halogens is 2. The van der Waals surface area contributed by atoms with Crippen molar-refractivity contribution in [2.24, 2.45) is 0 Å². The van der Waals surface area contributed by atoms with Gasteiger partial charge in [-0.15, -0.1) is 11.3 Å². The van der Waals surface area contributed by atoms with Crippen LogP contribution in [0.25, 0.3) is 6.08 Å². The average Bonchev–Trinajstić information content (AvgIpc) is 2.83. The molecule has 3 rings (SSSR count). The number of hydrogen-bond donors (Lipinski definition) is 0. The summed E-state index contributed by atoms with van der Waals surface area (Å²) in [6.45, 7) is 1.06. The van der Waals surface area contributed by atoms with Gasteiger partial charge in [0.25, 0.3) is 0 Å². The largest absolute Gasteiger partial charge is 0.486 e. The summed E-state index contributed by atoms with van der Waals surface area (Å²) in [6.07, 6.45) is 3.37. The highest BCUT2D eigenvalue weighted by Gasteiger charge is 2.13. The van der Waals surface area contributed by atoms with Crippen LogP contribution in [0.5, 0.6) is 11.5 Å². The van der Waals surface area contributed by atoms with E-state index >= 15 is 0 Å². The van der Waals surface area contributed by atoms with Gasteiger partial charge in [0.15, 0.2) is 17.3 Å². The van der Waals surface area contributed by atoms with Crippen LogP contribution in [0.1, 0.15) is 15.2 Å². The molecule has 0 saturated heterocycles. The van der Waals surface area contributed by atoms with Gasteiger partial charge in [-0.2, -0.15) is 0 Å². The minimum atomic E-state index is -0.0624. The highest BCUT2D eigenvalue weighted by molar-refractivity contribution is 9.13. The average molecular weight is 430 g/mol. The van der Waals surface area contributed by atoms with Crippen molar-refractivity contribution in [2.45, 2.75) is 0 Å². The Kier molecular flexibility index (Phi) is 4.47. The van der Waals surface area contributed by atoms with E-state index in [0.29, 0.717) is 30.3 Å². The van der Waals surface area contributed by atoms with Crippen LogP contribution in [0, 0.1) is 0 Å². The summed E-state index contributed by atoms with van der Waals surface area (Å²) < 4.78 is 12.9. The minimum Gasteiger partial charge on any atom is -0.486 e. The molecule has 0 bridgehead atoms. The fourth-order valence-corrected chi connectivity index (χ4v) is 3.89. The number of rotatable bonds is 3. The number of allylic oxidation sites excluding steroid dienone is 1. The van der Waals surface area contributed by atoms with Crippen molar-refractivity contribution < 1.29 is 14.3 Å². The Balaban J connectivity index is 1.79. The second-order valence-corrected chi connectivity index (χ2v) is 7.58. The quantitative estimate of drug-likeness (QED) is 0.512. The van der Waals surface area contributed by atoms with Gasteiger partial charge in [0.1, 0.15) is 13.2 Å². The molecule has 2 aromatic rings. The molecule has 0 atom stereocenters. The van der Waals surface area contributed by atoms with Crippen molar-refractivity contribution >= 4 is 55.1 Å². The van der Waals surface area contributed by atoms with Crippen molar-refractivity contribution in [2.75, 3.05) is 13.2 Å². The third-order valence-electron chi connectivity index (χ3n) is 2.89. The van der Waals surface area contributed by atoms with Gasteiger partial charge in [0.2, 0.25) is 0 Å². The summed E-state index contributed by atoms with van der Waals surface area (Å²) in [5.41, 5.74) is 0.588. The number of ether oxygens (including phenoxy) is 2. The number of thiophene rings is 1. The van der Waals surface area contributed by atoms with E-state index in [2.05, 4.69) is 31.9 Å². The Bertz CT molecular complexity index is 702. The number of hydrogen-bond acceptors (Lipinski definition) is 4. The Morgan fingerprint density at radius 3 is 2.62 bits per heavy atom. The first-order valence-electron chi connectivity index (χ1n) is 6.20. The van der Waals surface area contributed by atoms with Crippen LogP contribution in [0.4, 0.5) is 0 Å². The topological polar surface area (TPSA) is 35.5 Å². The number of ketones is 1. The van der Waals surface area contributed by atoms with Crippen LogP contribution in [0.15, 0.2) is 38.6 Å². The van der Waals surface area contributed by atoms with Gasteiger partial charge in [-0.05, 0) is 68.3 Å². The predicted octanol–water partition coefficient (Wildman–Crippen LogP) is 4.94. The molecule has 0 unspecified atom stereocenters.